The van der Waals surface area contributed by atoms with Gasteiger partial charge >= 0.3 is 0 Å². The molecule has 0 aromatic heterocycles. The van der Waals surface area contributed by atoms with Crippen LogP contribution in [0.5, 0.6) is 0 Å². The van der Waals surface area contributed by atoms with Crippen molar-refractivity contribution in [1.82, 2.24) is 4.90 Å². The van der Waals surface area contributed by atoms with E-state index >= 15 is 0 Å². The highest BCUT2D eigenvalue weighted by Crippen LogP contribution is 2.38. The second-order valence-corrected chi connectivity index (χ2v) is 9.88. The molecule has 0 radical (unpaired) electrons. The lowest BCUT2D eigenvalue weighted by Gasteiger charge is -2.38. The predicted octanol–water partition coefficient (Wildman–Crippen LogP) is 2.95. The zero-order valence-corrected chi connectivity index (χ0v) is 15.6. The van der Waals surface area contributed by atoms with Gasteiger partial charge in [0.15, 0.2) is 0 Å². The van der Waals surface area contributed by atoms with Crippen LogP contribution in [0.1, 0.15) is 37.7 Å². The third-order valence-electron chi connectivity index (χ3n) is 5.15. The summed E-state index contributed by atoms with van der Waals surface area (Å²) in [5.41, 5.74) is 1.14. The van der Waals surface area contributed by atoms with Crippen LogP contribution in [0.4, 0.5) is 0 Å². The van der Waals surface area contributed by atoms with Gasteiger partial charge in [0.2, 0.25) is 5.91 Å². The van der Waals surface area contributed by atoms with Crippen LogP contribution in [0, 0.1) is 0 Å². The third-order valence-corrected chi connectivity index (χ3v) is 7.52. The molecule has 4 nitrogen and oxygen atoms in total. The maximum atomic E-state index is 12.7. The van der Waals surface area contributed by atoms with Gasteiger partial charge in [-0.3, -0.25) is 4.79 Å². The fourth-order valence-corrected chi connectivity index (χ4v) is 5.58. The second kappa shape index (κ2) is 6.55. The minimum absolute atomic E-state index is 0.111. The molecule has 2 fully saturated rings. The number of fused-ring (bicyclic) bond motifs is 2. The van der Waals surface area contributed by atoms with Crippen molar-refractivity contribution in [3.05, 3.63) is 34.3 Å². The summed E-state index contributed by atoms with van der Waals surface area (Å²) in [5.74, 6) is 0.167. The normalized spacial score (nSPS) is 27.2. The lowest BCUT2D eigenvalue weighted by Crippen LogP contribution is -2.49. The van der Waals surface area contributed by atoms with Gasteiger partial charge in [-0.1, -0.05) is 34.1 Å². The fraction of sp³-hybridized carbons (Fsp3) is 0.588. The summed E-state index contributed by atoms with van der Waals surface area (Å²) in [6.45, 7) is 0. The monoisotopic (exact) mass is 399 g/mol. The van der Waals surface area contributed by atoms with E-state index in [0.717, 1.165) is 22.9 Å². The Morgan fingerprint density at radius 1 is 1.22 bits per heavy atom. The van der Waals surface area contributed by atoms with E-state index in [4.69, 9.17) is 0 Å². The van der Waals surface area contributed by atoms with Crippen molar-refractivity contribution in [2.45, 2.75) is 55.9 Å². The molecular weight excluding hydrogens is 378 g/mol. The molecule has 3 atom stereocenters. The summed E-state index contributed by atoms with van der Waals surface area (Å²) < 4.78 is 24.7. The minimum atomic E-state index is -3.01. The van der Waals surface area contributed by atoms with Crippen molar-refractivity contribution in [3.8, 4) is 0 Å². The Morgan fingerprint density at radius 3 is 2.39 bits per heavy atom. The van der Waals surface area contributed by atoms with Gasteiger partial charge in [0.1, 0.15) is 9.84 Å². The Labute approximate surface area is 146 Å². The number of hydrogen-bond donors (Lipinski definition) is 0. The number of aryl methyl sites for hydroxylation is 1. The van der Waals surface area contributed by atoms with Gasteiger partial charge in [-0.05, 0) is 43.7 Å². The van der Waals surface area contributed by atoms with Crippen molar-refractivity contribution < 1.29 is 13.2 Å². The van der Waals surface area contributed by atoms with Crippen molar-refractivity contribution >= 4 is 31.7 Å². The quantitative estimate of drug-likeness (QED) is 0.781. The number of nitrogens with zero attached hydrogens (tertiary/aromatic N) is 1. The zero-order chi connectivity index (χ0) is 16.6. The van der Waals surface area contributed by atoms with Crippen molar-refractivity contribution in [2.24, 2.45) is 0 Å². The molecule has 0 N–H and O–H groups in total. The van der Waals surface area contributed by atoms with E-state index in [1.807, 2.05) is 29.2 Å². The lowest BCUT2D eigenvalue weighted by molar-refractivity contribution is -0.135. The Bertz CT molecular complexity index is 690. The largest absolute Gasteiger partial charge is 0.337 e. The first-order valence-electron chi connectivity index (χ1n) is 8.09. The molecule has 1 unspecified atom stereocenters. The molecule has 0 spiro atoms. The average molecular weight is 400 g/mol. The van der Waals surface area contributed by atoms with Gasteiger partial charge in [-0.25, -0.2) is 8.42 Å². The Morgan fingerprint density at radius 2 is 1.83 bits per heavy atom. The van der Waals surface area contributed by atoms with E-state index in [-0.39, 0.29) is 23.2 Å². The summed E-state index contributed by atoms with van der Waals surface area (Å²) in [6.07, 6.45) is 5.62. The Balaban J connectivity index is 1.64. The number of sulfone groups is 1. The molecule has 0 saturated carbocycles. The van der Waals surface area contributed by atoms with Crippen LogP contribution in [0.25, 0.3) is 0 Å². The average Bonchev–Trinajstić information content (AvgIpc) is 2.75. The molecule has 6 heteroatoms. The van der Waals surface area contributed by atoms with E-state index in [1.165, 1.54) is 6.26 Å². The smallest absolute Gasteiger partial charge is 0.223 e. The van der Waals surface area contributed by atoms with Gasteiger partial charge in [0, 0.05) is 29.2 Å². The van der Waals surface area contributed by atoms with Gasteiger partial charge in [-0.2, -0.15) is 0 Å². The highest BCUT2D eigenvalue weighted by atomic mass is 79.9. The number of carbonyl (C=O) groups is 1. The van der Waals surface area contributed by atoms with Crippen LogP contribution in [0.2, 0.25) is 0 Å². The Hall–Kier alpha value is -0.880. The molecule has 2 heterocycles. The second-order valence-electron chi connectivity index (χ2n) is 6.70. The molecule has 2 aliphatic heterocycles. The Kier molecular flexibility index (Phi) is 4.83. The first kappa shape index (κ1) is 17.0. The third kappa shape index (κ3) is 3.63. The number of halogens is 1. The molecule has 2 saturated heterocycles. The van der Waals surface area contributed by atoms with Crippen LogP contribution in [0.15, 0.2) is 28.7 Å². The molecule has 126 valence electrons. The maximum Gasteiger partial charge on any atom is 0.223 e. The van der Waals surface area contributed by atoms with Gasteiger partial charge in [0.25, 0.3) is 0 Å². The van der Waals surface area contributed by atoms with E-state index in [9.17, 15) is 13.2 Å². The molecule has 1 aromatic rings. The van der Waals surface area contributed by atoms with Crippen LogP contribution in [0.3, 0.4) is 0 Å². The maximum absolute atomic E-state index is 12.7. The van der Waals surface area contributed by atoms with Crippen molar-refractivity contribution in [3.63, 3.8) is 0 Å². The van der Waals surface area contributed by atoms with Crippen LogP contribution >= 0.6 is 15.9 Å². The summed E-state index contributed by atoms with van der Waals surface area (Å²) in [6, 6.07) is 8.18. The SMILES string of the molecule is CS(=O)(=O)C1C[C@H]2CC[C@@H](C1)N2C(=O)CCc1ccccc1Br. The molecule has 23 heavy (non-hydrogen) atoms. The molecule has 3 rings (SSSR count). The standard InChI is InChI=1S/C17H22BrNO3S/c1-23(21,22)15-10-13-7-8-14(11-15)19(13)17(20)9-6-12-4-2-3-5-16(12)18/h2-5,13-15H,6-11H2,1H3/t13-,14+,15?. The van der Waals surface area contributed by atoms with Crippen molar-refractivity contribution in [1.29, 1.82) is 0 Å². The van der Waals surface area contributed by atoms with Crippen LogP contribution in [-0.4, -0.2) is 42.8 Å². The first-order valence-corrected chi connectivity index (χ1v) is 10.8. The van der Waals surface area contributed by atoms with Gasteiger partial charge in [-0.15, -0.1) is 0 Å². The number of benzene rings is 1. The van der Waals surface area contributed by atoms with Gasteiger partial charge < -0.3 is 4.90 Å². The summed E-state index contributed by atoms with van der Waals surface area (Å²) >= 11 is 3.52. The highest BCUT2D eigenvalue weighted by molar-refractivity contribution is 9.10. The van der Waals surface area contributed by atoms with Crippen molar-refractivity contribution in [2.75, 3.05) is 6.26 Å². The molecule has 2 aliphatic rings. The summed E-state index contributed by atoms with van der Waals surface area (Å²) in [5, 5.41) is -0.271. The number of carbonyl (C=O) groups excluding carboxylic acids is 1. The number of rotatable bonds is 4. The molecule has 2 bridgehead atoms. The fourth-order valence-electron chi connectivity index (χ4n) is 3.96. The lowest BCUT2D eigenvalue weighted by atomic mass is 10.0. The molecule has 1 amide bonds. The predicted molar refractivity (Wildman–Crippen MR) is 94.0 cm³/mol. The molecule has 1 aromatic carbocycles. The molecular formula is C17H22BrNO3S. The van der Waals surface area contributed by atoms with Crippen LogP contribution < -0.4 is 0 Å². The van der Waals surface area contributed by atoms with E-state index in [1.54, 1.807) is 0 Å². The van der Waals surface area contributed by atoms with Crippen LogP contribution in [-0.2, 0) is 21.1 Å². The number of piperidine rings is 1. The first-order chi connectivity index (χ1) is 10.9. The van der Waals surface area contributed by atoms with E-state index in [2.05, 4.69) is 15.9 Å². The minimum Gasteiger partial charge on any atom is -0.337 e. The summed E-state index contributed by atoms with van der Waals surface area (Å²) in [4.78, 5) is 14.6. The number of hydrogen-bond acceptors (Lipinski definition) is 3. The van der Waals surface area contributed by atoms with E-state index in [0.29, 0.717) is 25.7 Å². The zero-order valence-electron chi connectivity index (χ0n) is 13.2. The number of amides is 1. The topological polar surface area (TPSA) is 54.5 Å². The van der Waals surface area contributed by atoms with Gasteiger partial charge in [0.05, 0.1) is 5.25 Å². The van der Waals surface area contributed by atoms with E-state index < -0.39 is 9.84 Å². The highest BCUT2D eigenvalue weighted by Gasteiger charge is 2.45. The summed E-state index contributed by atoms with van der Waals surface area (Å²) in [7, 11) is -3.01. The molecule has 0 aliphatic carbocycles.